The zero-order valence-electron chi connectivity index (χ0n) is 20.8. The summed E-state index contributed by atoms with van der Waals surface area (Å²) in [6.45, 7) is 2.29. The van der Waals surface area contributed by atoms with E-state index in [1.165, 1.54) is 12.1 Å². The lowest BCUT2D eigenvalue weighted by Gasteiger charge is -2.24. The Morgan fingerprint density at radius 1 is 0.947 bits per heavy atom. The van der Waals surface area contributed by atoms with E-state index in [0.717, 1.165) is 59.3 Å². The number of ether oxygens (including phenoxy) is 3. The van der Waals surface area contributed by atoms with Crippen molar-refractivity contribution in [3.63, 3.8) is 0 Å². The van der Waals surface area contributed by atoms with Gasteiger partial charge in [-0.05, 0) is 60.8 Å². The highest BCUT2D eigenvalue weighted by Gasteiger charge is 2.31. The van der Waals surface area contributed by atoms with E-state index in [2.05, 4.69) is 15.0 Å². The van der Waals surface area contributed by atoms with E-state index in [1.54, 1.807) is 30.6 Å². The standard InChI is InChI=1S/C29H27F3N2O3S/c1-35-26-12-2-3-13-27(26)36-18-24-10-6-14-34(24)17-23-19-38-28(33-23)22-9-4-7-20(15-22)21-8-5-11-25(16-21)37-29(30,31)32/h2-5,7-9,11-13,15-16,19,24H,6,10,14,17-18H2,1H3/t24-/m1/s1. The predicted octanol–water partition coefficient (Wildman–Crippen LogP) is 7.43. The van der Waals surface area contributed by atoms with Crippen LogP contribution in [0.4, 0.5) is 13.2 Å². The molecule has 0 aliphatic carbocycles. The highest BCUT2D eigenvalue weighted by molar-refractivity contribution is 7.13. The van der Waals surface area contributed by atoms with Crippen molar-refractivity contribution >= 4 is 11.3 Å². The van der Waals surface area contributed by atoms with Gasteiger partial charge in [-0.25, -0.2) is 4.98 Å². The van der Waals surface area contributed by atoms with Crippen LogP contribution >= 0.6 is 11.3 Å². The fourth-order valence-corrected chi connectivity index (χ4v) is 5.45. The summed E-state index contributed by atoms with van der Waals surface area (Å²) >= 11 is 1.56. The summed E-state index contributed by atoms with van der Waals surface area (Å²) in [7, 11) is 1.64. The number of aromatic nitrogens is 1. The summed E-state index contributed by atoms with van der Waals surface area (Å²) in [6, 6.07) is 21.6. The molecule has 5 rings (SSSR count). The molecule has 1 saturated heterocycles. The molecule has 1 aromatic heterocycles. The minimum Gasteiger partial charge on any atom is -0.493 e. The Morgan fingerprint density at radius 2 is 1.68 bits per heavy atom. The van der Waals surface area contributed by atoms with Crippen molar-refractivity contribution in [2.45, 2.75) is 31.8 Å². The molecule has 0 unspecified atom stereocenters. The van der Waals surface area contributed by atoms with Gasteiger partial charge >= 0.3 is 6.36 Å². The Kier molecular flexibility index (Phi) is 7.85. The van der Waals surface area contributed by atoms with Gasteiger partial charge in [0, 0.05) is 23.5 Å². The van der Waals surface area contributed by atoms with Gasteiger partial charge in [-0.3, -0.25) is 4.90 Å². The number of rotatable bonds is 9. The van der Waals surface area contributed by atoms with E-state index in [-0.39, 0.29) is 5.75 Å². The van der Waals surface area contributed by atoms with Crippen LogP contribution in [0.3, 0.4) is 0 Å². The molecule has 1 fully saturated rings. The van der Waals surface area contributed by atoms with E-state index in [4.69, 9.17) is 14.5 Å². The molecule has 3 aromatic carbocycles. The van der Waals surface area contributed by atoms with Gasteiger partial charge in [-0.1, -0.05) is 42.5 Å². The van der Waals surface area contributed by atoms with Crippen LogP contribution in [0.15, 0.2) is 78.2 Å². The number of halogens is 3. The Balaban J connectivity index is 1.25. The van der Waals surface area contributed by atoms with Crippen LogP contribution in [0.5, 0.6) is 17.2 Å². The normalized spacial score (nSPS) is 15.9. The maximum absolute atomic E-state index is 12.6. The highest BCUT2D eigenvalue weighted by Crippen LogP contribution is 2.33. The van der Waals surface area contributed by atoms with Crippen LogP contribution in [0, 0.1) is 0 Å². The van der Waals surface area contributed by atoms with Crippen LogP contribution in [-0.2, 0) is 6.54 Å². The van der Waals surface area contributed by atoms with Crippen LogP contribution in [0.1, 0.15) is 18.5 Å². The van der Waals surface area contributed by atoms with Gasteiger partial charge in [0.25, 0.3) is 0 Å². The monoisotopic (exact) mass is 540 g/mol. The topological polar surface area (TPSA) is 43.8 Å². The molecule has 198 valence electrons. The van der Waals surface area contributed by atoms with E-state index >= 15 is 0 Å². The molecule has 1 atom stereocenters. The van der Waals surface area contributed by atoms with Gasteiger partial charge < -0.3 is 14.2 Å². The summed E-state index contributed by atoms with van der Waals surface area (Å²) in [5.41, 5.74) is 3.33. The average molecular weight is 541 g/mol. The summed E-state index contributed by atoms with van der Waals surface area (Å²) in [5, 5.41) is 2.93. The molecule has 1 aliphatic rings. The fraction of sp³-hybridized carbons (Fsp3) is 0.276. The number of hydrogen-bond acceptors (Lipinski definition) is 6. The Morgan fingerprint density at radius 3 is 2.47 bits per heavy atom. The molecule has 0 saturated carbocycles. The summed E-state index contributed by atoms with van der Waals surface area (Å²) < 4.78 is 53.5. The Hall–Kier alpha value is -3.56. The number of benzene rings is 3. The van der Waals surface area contributed by atoms with E-state index in [0.29, 0.717) is 18.2 Å². The summed E-state index contributed by atoms with van der Waals surface area (Å²) in [5.74, 6) is 1.22. The third-order valence-electron chi connectivity index (χ3n) is 6.43. The second-order valence-corrected chi connectivity index (χ2v) is 9.89. The number of alkyl halides is 3. The molecule has 0 N–H and O–H groups in total. The van der Waals surface area contributed by atoms with Gasteiger partial charge in [-0.2, -0.15) is 0 Å². The number of methoxy groups -OCH3 is 1. The minimum absolute atomic E-state index is 0.244. The molecule has 4 aromatic rings. The van der Waals surface area contributed by atoms with Crippen LogP contribution in [0.25, 0.3) is 21.7 Å². The number of likely N-dealkylation sites (tertiary alicyclic amines) is 1. The third kappa shape index (κ3) is 6.46. The molecule has 0 bridgehead atoms. The molecule has 2 heterocycles. The smallest absolute Gasteiger partial charge is 0.493 e. The van der Waals surface area contributed by atoms with Crippen LogP contribution in [0.2, 0.25) is 0 Å². The first kappa shape index (κ1) is 26.1. The van der Waals surface area contributed by atoms with Gasteiger partial charge in [0.1, 0.15) is 17.4 Å². The Labute approximate surface area is 223 Å². The van der Waals surface area contributed by atoms with E-state index in [9.17, 15) is 13.2 Å². The van der Waals surface area contributed by atoms with Gasteiger partial charge in [0.15, 0.2) is 11.5 Å². The second kappa shape index (κ2) is 11.4. The minimum atomic E-state index is -4.73. The zero-order chi connectivity index (χ0) is 26.5. The first-order valence-electron chi connectivity index (χ1n) is 12.3. The molecular formula is C29H27F3N2O3S. The van der Waals surface area contributed by atoms with Gasteiger partial charge in [0.2, 0.25) is 0 Å². The predicted molar refractivity (Wildman–Crippen MR) is 142 cm³/mol. The van der Waals surface area contributed by atoms with Crippen LogP contribution in [-0.4, -0.2) is 42.5 Å². The van der Waals surface area contributed by atoms with Crippen molar-refractivity contribution in [2.24, 2.45) is 0 Å². The molecule has 0 spiro atoms. The quantitative estimate of drug-likeness (QED) is 0.221. The summed E-state index contributed by atoms with van der Waals surface area (Å²) in [4.78, 5) is 7.27. The first-order chi connectivity index (χ1) is 18.4. The molecule has 0 amide bonds. The van der Waals surface area contributed by atoms with Crippen molar-refractivity contribution in [1.29, 1.82) is 0 Å². The fourth-order valence-electron chi connectivity index (χ4n) is 4.64. The SMILES string of the molecule is COc1ccccc1OC[C@H]1CCCN1Cc1csc(-c2cccc(-c3cccc(OC(F)(F)F)c3)c2)n1. The lowest BCUT2D eigenvalue weighted by Crippen LogP contribution is -2.33. The average Bonchev–Trinajstić information content (AvgIpc) is 3.57. The van der Waals surface area contributed by atoms with Crippen molar-refractivity contribution in [2.75, 3.05) is 20.3 Å². The molecule has 9 heteroatoms. The Bertz CT molecular complexity index is 1370. The van der Waals surface area contributed by atoms with Gasteiger partial charge in [0.05, 0.1) is 12.8 Å². The number of nitrogens with zero attached hydrogens (tertiary/aromatic N) is 2. The van der Waals surface area contributed by atoms with Crippen molar-refractivity contribution < 1.29 is 27.4 Å². The van der Waals surface area contributed by atoms with Crippen molar-refractivity contribution in [1.82, 2.24) is 9.88 Å². The van der Waals surface area contributed by atoms with Gasteiger partial charge in [-0.15, -0.1) is 24.5 Å². The zero-order valence-corrected chi connectivity index (χ0v) is 21.6. The maximum atomic E-state index is 12.6. The molecular weight excluding hydrogens is 513 g/mol. The second-order valence-electron chi connectivity index (χ2n) is 9.03. The van der Waals surface area contributed by atoms with E-state index in [1.807, 2.05) is 48.5 Å². The van der Waals surface area contributed by atoms with Crippen molar-refractivity contribution in [3.8, 4) is 38.9 Å². The molecule has 1 aliphatic heterocycles. The third-order valence-corrected chi connectivity index (χ3v) is 7.37. The molecule has 38 heavy (non-hydrogen) atoms. The first-order valence-corrected chi connectivity index (χ1v) is 13.2. The largest absolute Gasteiger partial charge is 0.573 e. The highest BCUT2D eigenvalue weighted by atomic mass is 32.1. The number of hydrogen-bond donors (Lipinski definition) is 0. The van der Waals surface area contributed by atoms with E-state index < -0.39 is 6.36 Å². The lowest BCUT2D eigenvalue weighted by molar-refractivity contribution is -0.274. The molecule has 0 radical (unpaired) electrons. The van der Waals surface area contributed by atoms with Crippen LogP contribution < -0.4 is 14.2 Å². The number of para-hydroxylation sites is 2. The van der Waals surface area contributed by atoms with Crippen molar-refractivity contribution in [3.05, 3.63) is 83.9 Å². The number of thiazole rings is 1. The molecule has 5 nitrogen and oxygen atoms in total. The summed E-state index contributed by atoms with van der Waals surface area (Å²) in [6.07, 6.45) is -2.56. The lowest BCUT2D eigenvalue weighted by atomic mass is 10.0. The maximum Gasteiger partial charge on any atom is 0.573 e.